The van der Waals surface area contributed by atoms with Gasteiger partial charge in [-0.25, -0.2) is 4.68 Å². The zero-order valence-corrected chi connectivity index (χ0v) is 15.8. The second kappa shape index (κ2) is 9.27. The summed E-state index contributed by atoms with van der Waals surface area (Å²) in [5.41, 5.74) is 5.28. The maximum atomic E-state index is 12.8. The number of benzene rings is 2. The Balaban J connectivity index is 1.92. The van der Waals surface area contributed by atoms with E-state index in [2.05, 4.69) is 16.0 Å². The van der Waals surface area contributed by atoms with Crippen LogP contribution < -0.4 is 16.4 Å². The van der Waals surface area contributed by atoms with E-state index in [4.69, 9.17) is 0 Å². The molecule has 1 heterocycles. The Labute approximate surface area is 167 Å². The third-order valence-corrected chi connectivity index (χ3v) is 4.11. The quantitative estimate of drug-likeness (QED) is 0.399. The van der Waals surface area contributed by atoms with Crippen molar-refractivity contribution in [1.82, 2.24) is 20.6 Å². The van der Waals surface area contributed by atoms with Gasteiger partial charge in [0.05, 0.1) is 11.9 Å². The first-order valence-corrected chi connectivity index (χ1v) is 9.03. The first kappa shape index (κ1) is 19.8. The highest BCUT2D eigenvalue weighted by molar-refractivity contribution is 6.05. The molecule has 146 valence electrons. The molecular weight excluding hydrogens is 368 g/mol. The van der Waals surface area contributed by atoms with E-state index >= 15 is 0 Å². The topological polar surface area (TPSA) is 93.1 Å². The molecule has 0 radical (unpaired) electrons. The number of aromatic nitrogens is 2. The van der Waals surface area contributed by atoms with Gasteiger partial charge in [-0.05, 0) is 18.6 Å². The number of allylic oxidation sites excluding steroid dienone is 3. The zero-order valence-electron chi connectivity index (χ0n) is 15.8. The molecule has 0 saturated heterocycles. The lowest BCUT2D eigenvalue weighted by Gasteiger charge is -2.11. The van der Waals surface area contributed by atoms with Gasteiger partial charge in [0.15, 0.2) is 5.69 Å². The monoisotopic (exact) mass is 388 g/mol. The third kappa shape index (κ3) is 4.84. The van der Waals surface area contributed by atoms with Crippen molar-refractivity contribution >= 4 is 22.6 Å². The van der Waals surface area contributed by atoms with Crippen LogP contribution in [0.5, 0.6) is 0 Å². The zero-order chi connectivity index (χ0) is 20.6. The Bertz CT molecular complexity index is 1150. The summed E-state index contributed by atoms with van der Waals surface area (Å²) in [5, 5.41) is 5.05. The molecule has 0 fully saturated rings. The molecule has 0 aliphatic heterocycles. The minimum Gasteiger partial charge on any atom is -0.268 e. The summed E-state index contributed by atoms with van der Waals surface area (Å²) in [6.07, 6.45) is 6.29. The molecule has 0 atom stereocenters. The number of rotatable bonds is 5. The van der Waals surface area contributed by atoms with Gasteiger partial charge in [-0.1, -0.05) is 66.8 Å². The minimum absolute atomic E-state index is 0.0499. The number of nitrogens with one attached hydrogen (secondary N) is 2. The number of carbonyl (C=O) groups excluding carboxylic acids is 2. The first-order valence-electron chi connectivity index (χ1n) is 9.03. The van der Waals surface area contributed by atoms with Crippen molar-refractivity contribution < 1.29 is 9.59 Å². The number of hydrogen-bond acceptors (Lipinski definition) is 4. The molecule has 2 N–H and O–H groups in total. The van der Waals surface area contributed by atoms with Gasteiger partial charge in [-0.3, -0.25) is 25.2 Å². The molecule has 0 saturated carbocycles. The number of nitrogens with zero attached hydrogens (tertiary/aromatic N) is 2. The van der Waals surface area contributed by atoms with Crippen molar-refractivity contribution in [3.8, 4) is 0 Å². The smallest absolute Gasteiger partial charge is 0.268 e. The van der Waals surface area contributed by atoms with E-state index < -0.39 is 11.8 Å². The van der Waals surface area contributed by atoms with Gasteiger partial charge in [-0.2, -0.15) is 5.10 Å². The van der Waals surface area contributed by atoms with Gasteiger partial charge in [0.1, 0.15) is 0 Å². The summed E-state index contributed by atoms with van der Waals surface area (Å²) in [5.74, 6) is -1.10. The number of amides is 2. The standard InChI is InChI=1S/C22H20N4O3/c1-2-3-5-14-19(27)23-24-21(28)20-17-12-8-9-13-18(17)22(29)26(25-20)15-16-10-6-4-7-11-16/h2-14H,15H2,1H3,(H,23,27)(H,24,28)/b3-2+,14-5-. The van der Waals surface area contributed by atoms with Gasteiger partial charge in [-0.15, -0.1) is 0 Å². The second-order valence-corrected chi connectivity index (χ2v) is 6.17. The van der Waals surface area contributed by atoms with Crippen molar-refractivity contribution in [2.24, 2.45) is 0 Å². The molecule has 7 nitrogen and oxygen atoms in total. The van der Waals surface area contributed by atoms with Crippen LogP contribution in [0.25, 0.3) is 10.8 Å². The highest BCUT2D eigenvalue weighted by Gasteiger charge is 2.17. The molecule has 3 rings (SSSR count). The van der Waals surface area contributed by atoms with Crippen LogP contribution in [0.1, 0.15) is 23.0 Å². The van der Waals surface area contributed by atoms with Gasteiger partial charge in [0.25, 0.3) is 17.4 Å². The van der Waals surface area contributed by atoms with E-state index in [-0.39, 0.29) is 17.8 Å². The fourth-order valence-corrected chi connectivity index (χ4v) is 2.74. The Kier molecular flexibility index (Phi) is 6.32. The second-order valence-electron chi connectivity index (χ2n) is 6.17. The van der Waals surface area contributed by atoms with Crippen LogP contribution in [0.2, 0.25) is 0 Å². The maximum Gasteiger partial charge on any atom is 0.290 e. The molecule has 0 unspecified atom stereocenters. The van der Waals surface area contributed by atoms with Gasteiger partial charge >= 0.3 is 0 Å². The summed E-state index contributed by atoms with van der Waals surface area (Å²) in [6.45, 7) is 2.05. The molecule has 1 aromatic heterocycles. The molecule has 2 aromatic carbocycles. The van der Waals surface area contributed by atoms with E-state index in [1.807, 2.05) is 37.3 Å². The van der Waals surface area contributed by atoms with E-state index in [1.165, 1.54) is 10.8 Å². The Morgan fingerprint density at radius 1 is 0.966 bits per heavy atom. The molecule has 29 heavy (non-hydrogen) atoms. The molecule has 0 aliphatic carbocycles. The molecule has 7 heteroatoms. The molecule has 0 aliphatic rings. The summed E-state index contributed by atoms with van der Waals surface area (Å²) < 4.78 is 1.25. The Morgan fingerprint density at radius 2 is 1.66 bits per heavy atom. The molecule has 0 spiro atoms. The molecular formula is C22H20N4O3. The number of hydrogen-bond donors (Lipinski definition) is 2. The van der Waals surface area contributed by atoms with Crippen LogP contribution in [-0.2, 0) is 11.3 Å². The van der Waals surface area contributed by atoms with E-state index in [0.717, 1.165) is 5.56 Å². The normalized spacial score (nSPS) is 11.2. The SMILES string of the molecule is C/C=C/C=C\C(=O)NNC(=O)c1nn(Cc2ccccc2)c(=O)c2ccccc12. The van der Waals surface area contributed by atoms with Gasteiger partial charge in [0.2, 0.25) is 0 Å². The van der Waals surface area contributed by atoms with Crippen LogP contribution in [0.3, 0.4) is 0 Å². The number of carbonyl (C=O) groups is 2. The van der Waals surface area contributed by atoms with Crippen molar-refractivity contribution in [2.75, 3.05) is 0 Å². The summed E-state index contributed by atoms with van der Waals surface area (Å²) >= 11 is 0. The lowest BCUT2D eigenvalue weighted by molar-refractivity contribution is -0.117. The lowest BCUT2D eigenvalue weighted by atomic mass is 10.1. The average molecular weight is 388 g/mol. The summed E-state index contributed by atoms with van der Waals surface area (Å²) in [6, 6.07) is 16.1. The fourth-order valence-electron chi connectivity index (χ4n) is 2.74. The van der Waals surface area contributed by atoms with E-state index in [1.54, 1.807) is 42.5 Å². The van der Waals surface area contributed by atoms with Gasteiger partial charge in [0, 0.05) is 11.5 Å². The number of fused-ring (bicyclic) bond motifs is 1. The lowest BCUT2D eigenvalue weighted by Crippen LogP contribution is -2.42. The van der Waals surface area contributed by atoms with Crippen LogP contribution in [-0.4, -0.2) is 21.6 Å². The Hall–Kier alpha value is -4.00. The fraction of sp³-hybridized carbons (Fsp3) is 0.0909. The first-order chi connectivity index (χ1) is 14.1. The van der Waals surface area contributed by atoms with Crippen LogP contribution in [0, 0.1) is 0 Å². The van der Waals surface area contributed by atoms with Crippen LogP contribution in [0.4, 0.5) is 0 Å². The highest BCUT2D eigenvalue weighted by atomic mass is 16.2. The maximum absolute atomic E-state index is 12.8. The highest BCUT2D eigenvalue weighted by Crippen LogP contribution is 2.13. The average Bonchev–Trinajstić information content (AvgIpc) is 2.75. The third-order valence-electron chi connectivity index (χ3n) is 4.11. The Morgan fingerprint density at radius 3 is 2.38 bits per heavy atom. The van der Waals surface area contributed by atoms with Gasteiger partial charge < -0.3 is 0 Å². The van der Waals surface area contributed by atoms with Crippen molar-refractivity contribution in [2.45, 2.75) is 13.5 Å². The van der Waals surface area contributed by atoms with E-state index in [9.17, 15) is 14.4 Å². The van der Waals surface area contributed by atoms with Crippen molar-refractivity contribution in [1.29, 1.82) is 0 Å². The van der Waals surface area contributed by atoms with E-state index in [0.29, 0.717) is 10.8 Å². The molecule has 2 amide bonds. The van der Waals surface area contributed by atoms with Crippen molar-refractivity contribution in [3.63, 3.8) is 0 Å². The molecule has 0 bridgehead atoms. The van der Waals surface area contributed by atoms with Crippen LogP contribution in [0.15, 0.2) is 83.7 Å². The summed E-state index contributed by atoms with van der Waals surface area (Å²) in [4.78, 5) is 37.2. The predicted molar refractivity (Wildman–Crippen MR) is 111 cm³/mol. The minimum atomic E-state index is -0.615. The molecule has 3 aromatic rings. The largest absolute Gasteiger partial charge is 0.290 e. The summed E-state index contributed by atoms with van der Waals surface area (Å²) in [7, 11) is 0. The van der Waals surface area contributed by atoms with Crippen molar-refractivity contribution in [3.05, 3.63) is 101 Å². The predicted octanol–water partition coefficient (Wildman–Crippen LogP) is 2.34. The van der Waals surface area contributed by atoms with Crippen LogP contribution >= 0.6 is 0 Å². The number of hydrazine groups is 1.